The lowest BCUT2D eigenvalue weighted by atomic mass is 10.1. The van der Waals surface area contributed by atoms with Crippen LogP contribution in [0.5, 0.6) is 0 Å². The number of rotatable bonds is 10. The molecule has 2 N–H and O–H groups in total. The van der Waals surface area contributed by atoms with Crippen LogP contribution >= 0.6 is 0 Å². The highest BCUT2D eigenvalue weighted by Crippen LogP contribution is 2.26. The van der Waals surface area contributed by atoms with E-state index in [2.05, 4.69) is 10.2 Å². The van der Waals surface area contributed by atoms with E-state index in [9.17, 15) is 40.3 Å². The van der Waals surface area contributed by atoms with Crippen molar-refractivity contribution in [2.24, 2.45) is 5.10 Å². The number of anilines is 1. The first-order valence-electron chi connectivity index (χ1n) is 12.7. The van der Waals surface area contributed by atoms with Crippen LogP contribution in [0.1, 0.15) is 29.9 Å². The smallest absolute Gasteiger partial charge is 0.359 e. The number of nitrogens with zero attached hydrogens (tertiary/aromatic N) is 4. The van der Waals surface area contributed by atoms with Crippen LogP contribution in [0.25, 0.3) is 11.8 Å². The van der Waals surface area contributed by atoms with Crippen LogP contribution in [0.15, 0.2) is 87.3 Å². The number of hydrogen-bond acceptors (Lipinski definition) is 11. The Morgan fingerprint density at radius 1 is 0.841 bits per heavy atom. The highest BCUT2D eigenvalue weighted by molar-refractivity contribution is 7.86. The van der Waals surface area contributed by atoms with E-state index >= 15 is 0 Å². The summed E-state index contributed by atoms with van der Waals surface area (Å²) >= 11 is 0. The largest absolute Gasteiger partial charge is 0.461 e. The molecule has 3 aromatic rings. The second kappa shape index (κ2) is 12.7. The van der Waals surface area contributed by atoms with Gasteiger partial charge in [-0.1, -0.05) is 12.2 Å². The number of amides is 1. The lowest BCUT2D eigenvalue weighted by Crippen LogP contribution is -2.22. The Bertz CT molecular complexity index is 1930. The van der Waals surface area contributed by atoms with Crippen LogP contribution in [0.4, 0.5) is 5.69 Å². The number of benzene rings is 2. The zero-order chi connectivity index (χ0) is 32.2. The fraction of sp³-hybridized carbons (Fsp3) is 0.148. The summed E-state index contributed by atoms with van der Waals surface area (Å²) in [5, 5.41) is 9.14. The Morgan fingerprint density at radius 2 is 1.36 bits per heavy atom. The van der Waals surface area contributed by atoms with E-state index in [1.807, 2.05) is 0 Å². The van der Waals surface area contributed by atoms with Gasteiger partial charge in [-0.3, -0.25) is 13.9 Å². The van der Waals surface area contributed by atoms with E-state index in [0.29, 0.717) is 5.69 Å². The van der Waals surface area contributed by atoms with Crippen molar-refractivity contribution in [2.45, 2.75) is 23.6 Å². The van der Waals surface area contributed by atoms with Gasteiger partial charge in [0.1, 0.15) is 0 Å². The van der Waals surface area contributed by atoms with Gasteiger partial charge >= 0.3 is 11.9 Å². The molecule has 2 aromatic carbocycles. The first kappa shape index (κ1) is 32.0. The molecule has 2 heterocycles. The van der Waals surface area contributed by atoms with Crippen LogP contribution in [0, 0.1) is 0 Å². The number of hydrazone groups is 1. The Balaban J connectivity index is 1.70. The molecule has 4 rings (SSSR count). The van der Waals surface area contributed by atoms with Crippen LogP contribution in [0.3, 0.4) is 0 Å². The zero-order valence-corrected chi connectivity index (χ0v) is 24.6. The van der Waals surface area contributed by atoms with E-state index in [0.717, 1.165) is 29.3 Å². The summed E-state index contributed by atoms with van der Waals surface area (Å²) in [6.45, 7) is 3.21. The maximum atomic E-state index is 13.3. The summed E-state index contributed by atoms with van der Waals surface area (Å²) < 4.78 is 75.3. The molecule has 0 radical (unpaired) electrons. The van der Waals surface area contributed by atoms with Crippen molar-refractivity contribution >= 4 is 55.6 Å². The maximum Gasteiger partial charge on any atom is 0.359 e. The number of allylic oxidation sites excluding steroid dienone is 2. The third-order valence-corrected chi connectivity index (χ3v) is 7.61. The summed E-state index contributed by atoms with van der Waals surface area (Å²) in [5.41, 5.74) is 0.0571. The van der Waals surface area contributed by atoms with Crippen molar-refractivity contribution < 1.29 is 49.8 Å². The van der Waals surface area contributed by atoms with Gasteiger partial charge in [0.2, 0.25) is 0 Å². The Morgan fingerprint density at radius 3 is 1.89 bits per heavy atom. The van der Waals surface area contributed by atoms with E-state index in [1.165, 1.54) is 53.4 Å². The maximum absolute atomic E-state index is 13.3. The fourth-order valence-electron chi connectivity index (χ4n) is 3.87. The first-order chi connectivity index (χ1) is 20.7. The summed E-state index contributed by atoms with van der Waals surface area (Å²) in [6, 6.07) is 9.57. The minimum Gasteiger partial charge on any atom is -0.461 e. The lowest BCUT2D eigenvalue weighted by molar-refractivity contribution is -0.135. The number of carbonyl (C=O) groups is 3. The Labute approximate surface area is 251 Å². The molecule has 1 aromatic heterocycles. The van der Waals surface area contributed by atoms with Crippen LogP contribution in [-0.2, 0) is 39.3 Å². The second-order valence-electron chi connectivity index (χ2n) is 8.76. The molecule has 0 aliphatic carbocycles. The lowest BCUT2D eigenvalue weighted by Gasteiger charge is -2.11. The van der Waals surface area contributed by atoms with Gasteiger partial charge in [0.15, 0.2) is 11.4 Å². The standard InChI is InChI=1S/C27H24N4O11S2/c1-3-41-26(33)23-17(16-30(28-23)18-8-12-20(13-9-18)43(35,36)37)6-5-7-22-24(27(34)42-4-2)29-31(25(22)32)19-10-14-21(15-11-19)44(38,39)40/h5-16H,3-4H2,1-2H3,(H,35,36,37)(H,38,39,40)/b6-5?,22-7-. The van der Waals surface area contributed by atoms with Gasteiger partial charge in [-0.2, -0.15) is 32.0 Å². The van der Waals surface area contributed by atoms with Gasteiger partial charge in [0.25, 0.3) is 26.1 Å². The predicted molar refractivity (Wildman–Crippen MR) is 154 cm³/mol. The normalized spacial score (nSPS) is 14.7. The molecule has 44 heavy (non-hydrogen) atoms. The minimum absolute atomic E-state index is 0.00841. The van der Waals surface area contributed by atoms with E-state index < -0.39 is 43.0 Å². The molecule has 0 atom stereocenters. The molecule has 0 unspecified atom stereocenters. The molecule has 0 saturated heterocycles. The van der Waals surface area contributed by atoms with Crippen molar-refractivity contribution in [3.8, 4) is 5.69 Å². The highest BCUT2D eigenvalue weighted by Gasteiger charge is 2.35. The SMILES string of the molecule is CCOC(=O)C1=NN(c2ccc(S(=O)(=O)O)cc2)C(=O)/C1=C\C=Cc1cn(-c2ccc(S(=O)(=O)O)cc2)nc1C(=O)OCC. The Hall–Kier alpha value is -4.97. The average molecular weight is 645 g/mol. The molecule has 0 spiro atoms. The van der Waals surface area contributed by atoms with E-state index in [1.54, 1.807) is 13.8 Å². The van der Waals surface area contributed by atoms with Crippen LogP contribution in [0.2, 0.25) is 0 Å². The fourth-order valence-corrected chi connectivity index (χ4v) is 4.83. The van der Waals surface area contributed by atoms with Gasteiger partial charge in [-0.05, 0) is 68.5 Å². The van der Waals surface area contributed by atoms with Crippen molar-refractivity contribution in [3.63, 3.8) is 0 Å². The molecule has 1 amide bonds. The molecule has 15 nitrogen and oxygen atoms in total. The number of hydrogen-bond donors (Lipinski definition) is 2. The molecular weight excluding hydrogens is 620 g/mol. The number of aromatic nitrogens is 2. The molecule has 0 fully saturated rings. The number of esters is 2. The van der Waals surface area contributed by atoms with Crippen LogP contribution in [-0.4, -0.2) is 72.5 Å². The average Bonchev–Trinajstić information content (AvgIpc) is 3.54. The molecule has 0 bridgehead atoms. The van der Waals surface area contributed by atoms with Crippen LogP contribution < -0.4 is 5.01 Å². The molecule has 230 valence electrons. The quantitative estimate of drug-likeness (QED) is 0.185. The summed E-state index contributed by atoms with van der Waals surface area (Å²) in [6.07, 6.45) is 5.47. The summed E-state index contributed by atoms with van der Waals surface area (Å²) in [4.78, 5) is 37.8. The van der Waals surface area contributed by atoms with Gasteiger partial charge in [-0.25, -0.2) is 14.3 Å². The molecule has 1 aliphatic rings. The minimum atomic E-state index is -4.48. The monoisotopic (exact) mass is 644 g/mol. The number of ether oxygens (including phenoxy) is 2. The molecule has 0 saturated carbocycles. The third kappa shape index (κ3) is 6.97. The van der Waals surface area contributed by atoms with Crippen molar-refractivity contribution in [1.29, 1.82) is 0 Å². The number of carbonyl (C=O) groups excluding carboxylic acids is 3. The van der Waals surface area contributed by atoms with Gasteiger partial charge in [-0.15, -0.1) is 0 Å². The van der Waals surface area contributed by atoms with E-state index in [-0.39, 0.29) is 46.3 Å². The Kier molecular flexibility index (Phi) is 9.24. The summed E-state index contributed by atoms with van der Waals surface area (Å²) in [7, 11) is -8.91. The van der Waals surface area contributed by atoms with Crippen molar-refractivity contribution in [1.82, 2.24) is 9.78 Å². The van der Waals surface area contributed by atoms with Gasteiger partial charge in [0.05, 0.1) is 40.0 Å². The van der Waals surface area contributed by atoms with Crippen molar-refractivity contribution in [3.05, 3.63) is 83.7 Å². The van der Waals surface area contributed by atoms with Gasteiger partial charge in [0, 0.05) is 11.8 Å². The third-order valence-electron chi connectivity index (χ3n) is 5.87. The predicted octanol–water partition coefficient (Wildman–Crippen LogP) is 2.45. The molecular formula is C27H24N4O11S2. The highest BCUT2D eigenvalue weighted by atomic mass is 32.2. The zero-order valence-electron chi connectivity index (χ0n) is 23.0. The summed E-state index contributed by atoms with van der Waals surface area (Å²) in [5.74, 6) is -2.41. The topological polar surface area (TPSA) is 212 Å². The van der Waals surface area contributed by atoms with Gasteiger partial charge < -0.3 is 9.47 Å². The van der Waals surface area contributed by atoms with E-state index in [4.69, 9.17) is 9.47 Å². The molecule has 1 aliphatic heterocycles. The second-order valence-corrected chi connectivity index (χ2v) is 11.6. The molecule has 17 heteroatoms. The first-order valence-corrected chi connectivity index (χ1v) is 15.5. The van der Waals surface area contributed by atoms with Crippen molar-refractivity contribution in [2.75, 3.05) is 18.2 Å².